The van der Waals surface area contributed by atoms with Crippen LogP contribution in [0.3, 0.4) is 0 Å². The van der Waals surface area contributed by atoms with Crippen molar-refractivity contribution in [3.8, 4) is 11.5 Å². The second-order valence-corrected chi connectivity index (χ2v) is 8.26. The first-order valence-electron chi connectivity index (χ1n) is 9.35. The highest BCUT2D eigenvalue weighted by Gasteiger charge is 2.40. The van der Waals surface area contributed by atoms with Crippen LogP contribution in [0.5, 0.6) is 11.5 Å². The lowest BCUT2D eigenvalue weighted by molar-refractivity contribution is 0.0967. The van der Waals surface area contributed by atoms with E-state index in [1.165, 1.54) is 60.6 Å². The molecule has 0 aromatic heterocycles. The number of ketones is 1. The largest absolute Gasteiger partial charge is 0.454 e. The number of ether oxygens (including phenoxy) is 2. The maximum atomic E-state index is 12.6. The molecule has 2 aromatic rings. The van der Waals surface area contributed by atoms with Gasteiger partial charge in [0.25, 0.3) is 0 Å². The lowest BCUT2D eigenvalue weighted by Crippen LogP contribution is -2.26. The second kappa shape index (κ2) is 6.01. The highest BCUT2D eigenvalue weighted by Crippen LogP contribution is 2.50. The average Bonchev–Trinajstić information content (AvgIpc) is 3.09. The molecule has 5 rings (SSSR count). The molecule has 25 heavy (non-hydrogen) atoms. The van der Waals surface area contributed by atoms with Gasteiger partial charge in [-0.1, -0.05) is 41.6 Å². The third kappa shape index (κ3) is 2.33. The lowest BCUT2D eigenvalue weighted by atomic mass is 9.74. The number of rotatable bonds is 0. The van der Waals surface area contributed by atoms with Gasteiger partial charge < -0.3 is 9.47 Å². The van der Waals surface area contributed by atoms with E-state index < -0.39 is 0 Å². The minimum Gasteiger partial charge on any atom is -0.454 e. The van der Waals surface area contributed by atoms with Crippen molar-refractivity contribution in [1.29, 1.82) is 0 Å². The molecule has 0 saturated heterocycles. The van der Waals surface area contributed by atoms with Gasteiger partial charge in [-0.05, 0) is 65.3 Å². The zero-order chi connectivity index (χ0) is 17.0. The Bertz CT molecular complexity index is 887. The Labute approximate surface area is 155 Å². The van der Waals surface area contributed by atoms with Crippen molar-refractivity contribution >= 4 is 32.5 Å². The van der Waals surface area contributed by atoms with E-state index in [0.717, 1.165) is 35.3 Å². The van der Waals surface area contributed by atoms with E-state index in [-0.39, 0.29) is 17.4 Å². The summed E-state index contributed by atoms with van der Waals surface area (Å²) in [6.45, 7) is 0.269. The monoisotopic (exact) mass is 400 g/mol. The van der Waals surface area contributed by atoms with E-state index >= 15 is 0 Å². The molecule has 1 atom stereocenters. The molecule has 2 aromatic carbocycles. The predicted molar refractivity (Wildman–Crippen MR) is 101 cm³/mol. The molecule has 3 nitrogen and oxygen atoms in total. The molecule has 1 heterocycles. The first-order chi connectivity index (χ1) is 12.3. The number of fused-ring (bicyclic) bond motifs is 7. The average molecular weight is 401 g/mol. The summed E-state index contributed by atoms with van der Waals surface area (Å²) in [6.07, 6.45) is 9.85. The summed E-state index contributed by atoms with van der Waals surface area (Å²) in [4.78, 5) is 12.5. The molecule has 0 bridgehead atoms. The summed E-state index contributed by atoms with van der Waals surface area (Å²) < 4.78 is 11.2. The fourth-order valence-corrected chi connectivity index (χ4v) is 5.36. The Balaban J connectivity index is 1.79. The van der Waals surface area contributed by atoms with Crippen LogP contribution in [0.15, 0.2) is 12.1 Å². The molecule has 1 aliphatic heterocycles. The van der Waals surface area contributed by atoms with Gasteiger partial charge in [-0.3, -0.25) is 4.79 Å². The Morgan fingerprint density at radius 1 is 0.840 bits per heavy atom. The van der Waals surface area contributed by atoms with Crippen molar-refractivity contribution in [2.24, 2.45) is 0 Å². The molecule has 3 aliphatic rings. The van der Waals surface area contributed by atoms with E-state index in [4.69, 9.17) is 9.47 Å². The van der Waals surface area contributed by atoms with Crippen molar-refractivity contribution < 1.29 is 14.3 Å². The number of carbonyl (C=O) groups is 1. The lowest BCUT2D eigenvalue weighted by Gasteiger charge is -2.32. The van der Waals surface area contributed by atoms with E-state index in [2.05, 4.69) is 22.0 Å². The first-order valence-corrected chi connectivity index (χ1v) is 10.3. The van der Waals surface area contributed by atoms with Crippen LogP contribution in [-0.2, 0) is 12.8 Å². The van der Waals surface area contributed by atoms with Gasteiger partial charge in [0.1, 0.15) is 4.83 Å². The van der Waals surface area contributed by atoms with Gasteiger partial charge in [0.05, 0.1) is 0 Å². The van der Waals surface area contributed by atoms with Gasteiger partial charge in [-0.15, -0.1) is 0 Å². The summed E-state index contributed by atoms with van der Waals surface area (Å²) in [5.41, 5.74) is 5.01. The van der Waals surface area contributed by atoms with Crippen LogP contribution in [0.2, 0.25) is 0 Å². The predicted octanol–water partition coefficient (Wildman–Crippen LogP) is 5.64. The summed E-state index contributed by atoms with van der Waals surface area (Å²) in [7, 11) is 0. The molecule has 130 valence electrons. The Kier molecular flexibility index (Phi) is 3.77. The van der Waals surface area contributed by atoms with Crippen molar-refractivity contribution in [2.75, 3.05) is 6.79 Å². The van der Waals surface area contributed by atoms with Crippen LogP contribution in [0.1, 0.15) is 70.4 Å². The highest BCUT2D eigenvalue weighted by atomic mass is 79.9. The minimum absolute atomic E-state index is 0.131. The zero-order valence-corrected chi connectivity index (χ0v) is 15.8. The van der Waals surface area contributed by atoms with Crippen LogP contribution in [0.4, 0.5) is 0 Å². The topological polar surface area (TPSA) is 35.5 Å². The quantitative estimate of drug-likeness (QED) is 0.536. The SMILES string of the molecule is O=C1c2c(c3c(c4cc5c(cc24)OCO5)CCCCCCCC3)C1Br. The van der Waals surface area contributed by atoms with Gasteiger partial charge in [-0.2, -0.15) is 0 Å². The molecular weight excluding hydrogens is 380 g/mol. The summed E-state index contributed by atoms with van der Waals surface area (Å²) in [6, 6.07) is 4.13. The number of aryl methyl sites for hydroxylation is 1. The molecule has 1 unspecified atom stereocenters. The maximum absolute atomic E-state index is 12.6. The third-order valence-corrected chi connectivity index (χ3v) is 6.77. The van der Waals surface area contributed by atoms with E-state index in [1.54, 1.807) is 0 Å². The molecule has 4 heteroatoms. The Hall–Kier alpha value is -1.55. The summed E-state index contributed by atoms with van der Waals surface area (Å²) in [5, 5.41) is 2.25. The molecule has 2 aliphatic carbocycles. The number of alkyl halides is 1. The smallest absolute Gasteiger partial charge is 0.231 e. The van der Waals surface area contributed by atoms with Crippen LogP contribution < -0.4 is 9.47 Å². The van der Waals surface area contributed by atoms with Crippen molar-refractivity contribution in [3.05, 3.63) is 34.4 Å². The van der Waals surface area contributed by atoms with Crippen molar-refractivity contribution in [1.82, 2.24) is 0 Å². The molecule has 0 amide bonds. The van der Waals surface area contributed by atoms with E-state index in [1.807, 2.05) is 6.07 Å². The third-order valence-electron chi connectivity index (χ3n) is 5.90. The van der Waals surface area contributed by atoms with Crippen LogP contribution in [-0.4, -0.2) is 12.6 Å². The second-order valence-electron chi connectivity index (χ2n) is 7.34. The van der Waals surface area contributed by atoms with Crippen LogP contribution in [0.25, 0.3) is 10.8 Å². The maximum Gasteiger partial charge on any atom is 0.231 e. The molecule has 0 spiro atoms. The number of hydrogen-bond acceptors (Lipinski definition) is 3. The summed E-state index contributed by atoms with van der Waals surface area (Å²) >= 11 is 3.63. The fourth-order valence-electron chi connectivity index (χ4n) is 4.63. The number of benzene rings is 2. The van der Waals surface area contributed by atoms with Crippen LogP contribution in [0, 0.1) is 0 Å². The van der Waals surface area contributed by atoms with E-state index in [9.17, 15) is 4.79 Å². The number of hydrogen-bond donors (Lipinski definition) is 0. The normalized spacial score (nSPS) is 22.3. The standard InChI is InChI=1S/C21H21BrO3/c22-20-18-13-8-6-4-2-1-3-5-7-12(13)14-9-16-17(25-11-24-16)10-15(14)19(18)21(20)23/h9-10,20H,1-8,11H2. The molecular formula is C21H21BrO3. The Morgan fingerprint density at radius 2 is 1.44 bits per heavy atom. The zero-order valence-electron chi connectivity index (χ0n) is 14.2. The molecule has 0 fully saturated rings. The minimum atomic E-state index is -0.131. The first kappa shape index (κ1) is 15.7. The van der Waals surface area contributed by atoms with Gasteiger partial charge in [0, 0.05) is 5.56 Å². The van der Waals surface area contributed by atoms with Crippen molar-refractivity contribution in [3.63, 3.8) is 0 Å². The number of Topliss-reactive ketones (excluding diaryl/α,β-unsaturated/α-hetero) is 1. The number of carbonyl (C=O) groups excluding carboxylic acids is 1. The number of halogens is 1. The van der Waals surface area contributed by atoms with Gasteiger partial charge in [-0.25, -0.2) is 0 Å². The highest BCUT2D eigenvalue weighted by molar-refractivity contribution is 9.09. The molecule has 0 radical (unpaired) electrons. The van der Waals surface area contributed by atoms with Gasteiger partial charge >= 0.3 is 0 Å². The van der Waals surface area contributed by atoms with Crippen LogP contribution >= 0.6 is 15.9 Å². The van der Waals surface area contributed by atoms with E-state index in [0.29, 0.717) is 0 Å². The molecule has 0 saturated carbocycles. The fraction of sp³-hybridized carbons (Fsp3) is 0.476. The Morgan fingerprint density at radius 3 is 2.16 bits per heavy atom. The van der Waals surface area contributed by atoms with Crippen molar-refractivity contribution in [2.45, 2.75) is 56.2 Å². The van der Waals surface area contributed by atoms with Gasteiger partial charge in [0.2, 0.25) is 6.79 Å². The molecule has 0 N–H and O–H groups in total. The van der Waals surface area contributed by atoms with Gasteiger partial charge in [0.15, 0.2) is 17.3 Å². The summed E-state index contributed by atoms with van der Waals surface area (Å²) in [5.74, 6) is 1.79.